The Hall–Kier alpha value is -1.40. The lowest BCUT2D eigenvalue weighted by Crippen LogP contribution is -2.42. The topological polar surface area (TPSA) is 66.5 Å². The zero-order chi connectivity index (χ0) is 17.2. The number of likely N-dealkylation sites (tertiary alicyclic amines) is 1. The molecule has 1 aliphatic carbocycles. The van der Waals surface area contributed by atoms with Crippen LogP contribution in [0.2, 0.25) is 0 Å². The third kappa shape index (κ3) is 5.05. The van der Waals surface area contributed by atoms with Crippen molar-refractivity contribution in [2.24, 2.45) is 11.8 Å². The summed E-state index contributed by atoms with van der Waals surface area (Å²) in [6.45, 7) is 2.22. The molecule has 2 atom stereocenters. The zero-order valence-electron chi connectivity index (χ0n) is 14.1. The fourth-order valence-electron chi connectivity index (χ4n) is 3.58. The van der Waals surface area contributed by atoms with Crippen LogP contribution in [0.3, 0.4) is 0 Å². The summed E-state index contributed by atoms with van der Waals surface area (Å²) in [6, 6.07) is 9.90. The third-order valence-corrected chi connectivity index (χ3v) is 5.92. The van der Waals surface area contributed by atoms with Crippen LogP contribution >= 0.6 is 0 Å². The second kappa shape index (κ2) is 7.23. The molecule has 1 saturated heterocycles. The number of carbonyl (C=O) groups is 1. The highest BCUT2D eigenvalue weighted by Gasteiger charge is 2.42. The predicted molar refractivity (Wildman–Crippen MR) is 94.4 cm³/mol. The number of rotatable bonds is 7. The summed E-state index contributed by atoms with van der Waals surface area (Å²) in [5.41, 5.74) is 1.02. The maximum Gasteiger partial charge on any atom is 0.224 e. The lowest BCUT2D eigenvalue weighted by atomic mass is 9.98. The molecular weight excluding hydrogens is 324 g/mol. The molecule has 1 amide bonds. The van der Waals surface area contributed by atoms with E-state index in [1.807, 2.05) is 30.3 Å². The first-order valence-electron chi connectivity index (χ1n) is 8.64. The first kappa shape index (κ1) is 17.4. The Bertz CT molecular complexity index is 671. The van der Waals surface area contributed by atoms with Crippen LogP contribution in [0.5, 0.6) is 0 Å². The molecule has 1 heterocycles. The molecule has 3 rings (SSSR count). The second-order valence-corrected chi connectivity index (χ2v) is 9.49. The summed E-state index contributed by atoms with van der Waals surface area (Å²) in [5, 5.41) is 3.20. The molecule has 0 bridgehead atoms. The van der Waals surface area contributed by atoms with E-state index in [4.69, 9.17) is 0 Å². The molecule has 1 saturated carbocycles. The highest BCUT2D eigenvalue weighted by atomic mass is 32.2. The minimum atomic E-state index is -2.94. The summed E-state index contributed by atoms with van der Waals surface area (Å²) in [5.74, 6) is 1.40. The van der Waals surface area contributed by atoms with Gasteiger partial charge in [-0.05, 0) is 30.2 Å². The smallest absolute Gasteiger partial charge is 0.224 e. The molecule has 0 radical (unpaired) electrons. The van der Waals surface area contributed by atoms with Crippen LogP contribution in [0.1, 0.15) is 18.4 Å². The van der Waals surface area contributed by atoms with E-state index in [0.29, 0.717) is 24.8 Å². The Balaban J connectivity index is 1.55. The molecule has 2 aliphatic rings. The Labute approximate surface area is 144 Å². The van der Waals surface area contributed by atoms with E-state index in [-0.39, 0.29) is 17.7 Å². The Morgan fingerprint density at radius 1 is 1.21 bits per heavy atom. The summed E-state index contributed by atoms with van der Waals surface area (Å²) >= 11 is 0. The van der Waals surface area contributed by atoms with E-state index in [9.17, 15) is 13.2 Å². The SMILES string of the molecule is CS(=O)(=O)CCN1CC(NC(=O)Cc2ccccc2)C(C2CC2)C1. The molecule has 0 aromatic heterocycles. The monoisotopic (exact) mass is 350 g/mol. The molecule has 2 fully saturated rings. The first-order chi connectivity index (χ1) is 11.4. The highest BCUT2D eigenvalue weighted by molar-refractivity contribution is 7.90. The van der Waals surface area contributed by atoms with Crippen LogP contribution in [0.25, 0.3) is 0 Å². The van der Waals surface area contributed by atoms with Crippen molar-refractivity contribution in [3.05, 3.63) is 35.9 Å². The third-order valence-electron chi connectivity index (χ3n) is 5.00. The summed E-state index contributed by atoms with van der Waals surface area (Å²) in [4.78, 5) is 14.5. The van der Waals surface area contributed by atoms with Crippen molar-refractivity contribution >= 4 is 15.7 Å². The molecule has 1 aromatic rings. The number of amides is 1. The van der Waals surface area contributed by atoms with Crippen molar-refractivity contribution < 1.29 is 13.2 Å². The van der Waals surface area contributed by atoms with Crippen LogP contribution < -0.4 is 5.32 Å². The lowest BCUT2D eigenvalue weighted by molar-refractivity contribution is -0.121. The van der Waals surface area contributed by atoms with E-state index in [0.717, 1.165) is 18.7 Å². The molecule has 5 nitrogen and oxygen atoms in total. The van der Waals surface area contributed by atoms with Gasteiger partial charge in [-0.2, -0.15) is 0 Å². The van der Waals surface area contributed by atoms with Gasteiger partial charge in [-0.3, -0.25) is 9.69 Å². The molecule has 0 spiro atoms. The van der Waals surface area contributed by atoms with Crippen LogP contribution in [0.15, 0.2) is 30.3 Å². The summed E-state index contributed by atoms with van der Waals surface area (Å²) in [6.07, 6.45) is 4.14. The summed E-state index contributed by atoms with van der Waals surface area (Å²) < 4.78 is 22.8. The number of hydrogen-bond donors (Lipinski definition) is 1. The molecule has 1 aliphatic heterocycles. The van der Waals surface area contributed by atoms with E-state index >= 15 is 0 Å². The van der Waals surface area contributed by atoms with Gasteiger partial charge in [0, 0.05) is 31.9 Å². The minimum Gasteiger partial charge on any atom is -0.351 e. The van der Waals surface area contributed by atoms with Crippen molar-refractivity contribution in [3.8, 4) is 0 Å². The van der Waals surface area contributed by atoms with Crippen LogP contribution in [-0.2, 0) is 21.1 Å². The predicted octanol–water partition coefficient (Wildman–Crippen LogP) is 1.10. The van der Waals surface area contributed by atoms with Gasteiger partial charge in [0.25, 0.3) is 0 Å². The van der Waals surface area contributed by atoms with E-state index in [1.54, 1.807) is 0 Å². The highest BCUT2D eigenvalue weighted by Crippen LogP contribution is 2.41. The van der Waals surface area contributed by atoms with Gasteiger partial charge < -0.3 is 5.32 Å². The van der Waals surface area contributed by atoms with E-state index < -0.39 is 9.84 Å². The first-order valence-corrected chi connectivity index (χ1v) is 10.7. The van der Waals surface area contributed by atoms with Crippen molar-refractivity contribution in [1.82, 2.24) is 10.2 Å². The maximum absolute atomic E-state index is 12.4. The standard InChI is InChI=1S/C18H26N2O3S/c1-24(22,23)10-9-20-12-16(15-7-8-15)17(13-20)19-18(21)11-14-5-3-2-4-6-14/h2-6,15-17H,7-13H2,1H3,(H,19,21). The van der Waals surface area contributed by atoms with Gasteiger partial charge in [-0.15, -0.1) is 0 Å². The van der Waals surface area contributed by atoms with Crippen molar-refractivity contribution in [3.63, 3.8) is 0 Å². The number of sulfone groups is 1. The molecule has 132 valence electrons. The quantitative estimate of drug-likeness (QED) is 0.800. The molecule has 1 N–H and O–H groups in total. The van der Waals surface area contributed by atoms with Gasteiger partial charge in [-0.1, -0.05) is 30.3 Å². The van der Waals surface area contributed by atoms with Gasteiger partial charge >= 0.3 is 0 Å². The number of hydrogen-bond acceptors (Lipinski definition) is 4. The number of carbonyl (C=O) groups excluding carboxylic acids is 1. The van der Waals surface area contributed by atoms with E-state index in [1.165, 1.54) is 19.1 Å². The van der Waals surface area contributed by atoms with Crippen molar-refractivity contribution in [2.45, 2.75) is 25.3 Å². The van der Waals surface area contributed by atoms with Crippen LogP contribution in [-0.4, -0.2) is 56.9 Å². The Kier molecular flexibility index (Phi) is 5.25. The van der Waals surface area contributed by atoms with Gasteiger partial charge in [0.05, 0.1) is 12.2 Å². The van der Waals surface area contributed by atoms with Crippen molar-refractivity contribution in [2.75, 3.05) is 31.6 Å². The van der Waals surface area contributed by atoms with Gasteiger partial charge in [0.15, 0.2) is 0 Å². The Morgan fingerprint density at radius 2 is 1.92 bits per heavy atom. The van der Waals surface area contributed by atoms with Crippen molar-refractivity contribution in [1.29, 1.82) is 0 Å². The molecule has 6 heteroatoms. The second-order valence-electron chi connectivity index (χ2n) is 7.23. The largest absolute Gasteiger partial charge is 0.351 e. The molecule has 2 unspecified atom stereocenters. The fraction of sp³-hybridized carbons (Fsp3) is 0.611. The number of benzene rings is 1. The maximum atomic E-state index is 12.4. The number of nitrogens with zero attached hydrogens (tertiary/aromatic N) is 1. The fourth-order valence-corrected chi connectivity index (χ4v) is 4.17. The van der Waals surface area contributed by atoms with Gasteiger partial charge in [-0.25, -0.2) is 8.42 Å². The van der Waals surface area contributed by atoms with Crippen LogP contribution in [0, 0.1) is 11.8 Å². The molecule has 1 aromatic carbocycles. The summed E-state index contributed by atoms with van der Waals surface area (Å²) in [7, 11) is -2.94. The Morgan fingerprint density at radius 3 is 2.54 bits per heavy atom. The minimum absolute atomic E-state index is 0.0572. The van der Waals surface area contributed by atoms with Gasteiger partial charge in [0.2, 0.25) is 5.91 Å². The normalized spacial score (nSPS) is 24.9. The van der Waals surface area contributed by atoms with Crippen LogP contribution in [0.4, 0.5) is 0 Å². The average Bonchev–Trinajstić information content (AvgIpc) is 3.28. The average molecular weight is 350 g/mol. The van der Waals surface area contributed by atoms with Gasteiger partial charge in [0.1, 0.15) is 9.84 Å². The lowest BCUT2D eigenvalue weighted by Gasteiger charge is -2.19. The number of nitrogens with one attached hydrogen (secondary N) is 1. The zero-order valence-corrected chi connectivity index (χ0v) is 15.0. The molecular formula is C18H26N2O3S. The van der Waals surface area contributed by atoms with E-state index in [2.05, 4.69) is 10.2 Å². The molecule has 24 heavy (non-hydrogen) atoms.